The standard InChI is InChI=1S/C27H28FN5O2/c28-15-19-6-5-9-22(14-19)33-23-17-32(21-7-3-1-2-4-8-21)31-26(34)24(23)25(30-27(33)35)20-12-10-18(16-29)11-13-20/h5-6,9-14,21,25H,1-4,7-8,15,17H2,(H,30,35)(H,31,34)/t25-/m1/s1. The molecule has 3 aliphatic rings. The first-order valence-electron chi connectivity index (χ1n) is 12.2. The van der Waals surface area contributed by atoms with E-state index in [-0.39, 0.29) is 18.0 Å². The Balaban J connectivity index is 1.59. The molecular formula is C27H28FN5O2. The van der Waals surface area contributed by atoms with Crippen molar-refractivity contribution in [2.24, 2.45) is 0 Å². The first-order valence-corrected chi connectivity index (χ1v) is 12.2. The number of carbonyl (C=O) groups is 2. The number of hydrogen-bond donors (Lipinski definition) is 2. The third kappa shape index (κ3) is 4.52. The van der Waals surface area contributed by atoms with Gasteiger partial charge in [-0.15, -0.1) is 0 Å². The van der Waals surface area contributed by atoms with Crippen LogP contribution in [0.1, 0.15) is 61.3 Å². The number of hydrogen-bond acceptors (Lipinski definition) is 4. The van der Waals surface area contributed by atoms with Crippen molar-refractivity contribution in [1.29, 1.82) is 5.26 Å². The summed E-state index contributed by atoms with van der Waals surface area (Å²) in [6.07, 6.45) is 6.59. The van der Waals surface area contributed by atoms with Gasteiger partial charge in [0.2, 0.25) is 0 Å². The van der Waals surface area contributed by atoms with Gasteiger partial charge < -0.3 is 5.32 Å². The molecule has 1 aliphatic carbocycles. The zero-order valence-electron chi connectivity index (χ0n) is 19.5. The van der Waals surface area contributed by atoms with E-state index in [1.807, 2.05) is 5.01 Å². The number of nitrogens with zero attached hydrogens (tertiary/aromatic N) is 3. The molecule has 1 saturated carbocycles. The molecule has 2 aromatic carbocycles. The lowest BCUT2D eigenvalue weighted by Crippen LogP contribution is -2.60. The minimum Gasteiger partial charge on any atom is -0.326 e. The Hall–Kier alpha value is -3.70. The Labute approximate surface area is 204 Å². The second-order valence-electron chi connectivity index (χ2n) is 9.33. The van der Waals surface area contributed by atoms with Crippen LogP contribution in [0.15, 0.2) is 59.8 Å². The zero-order chi connectivity index (χ0) is 24.4. The van der Waals surface area contributed by atoms with Crippen LogP contribution in [-0.2, 0) is 11.5 Å². The van der Waals surface area contributed by atoms with Crippen LogP contribution in [0.2, 0.25) is 0 Å². The summed E-state index contributed by atoms with van der Waals surface area (Å²) in [5, 5.41) is 14.1. The Morgan fingerprint density at radius 1 is 1.03 bits per heavy atom. The van der Waals surface area contributed by atoms with Gasteiger partial charge in [0.25, 0.3) is 5.91 Å². The fourth-order valence-electron chi connectivity index (χ4n) is 5.32. The van der Waals surface area contributed by atoms with E-state index in [1.54, 1.807) is 48.5 Å². The third-order valence-corrected chi connectivity index (χ3v) is 7.11. The quantitative estimate of drug-likeness (QED) is 0.634. The summed E-state index contributed by atoms with van der Waals surface area (Å²) in [7, 11) is 0. The first kappa shape index (κ1) is 23.1. The summed E-state index contributed by atoms with van der Waals surface area (Å²) in [6, 6.07) is 15.0. The van der Waals surface area contributed by atoms with E-state index in [9.17, 15) is 14.0 Å². The van der Waals surface area contributed by atoms with Crippen LogP contribution in [0.4, 0.5) is 14.9 Å². The fourth-order valence-corrected chi connectivity index (χ4v) is 5.32. The van der Waals surface area contributed by atoms with E-state index in [0.717, 1.165) is 31.2 Å². The van der Waals surface area contributed by atoms with Gasteiger partial charge in [0.15, 0.2) is 0 Å². The van der Waals surface area contributed by atoms with Crippen LogP contribution < -0.4 is 15.6 Å². The van der Waals surface area contributed by atoms with E-state index < -0.39 is 12.7 Å². The van der Waals surface area contributed by atoms with Gasteiger partial charge in [0, 0.05) is 6.04 Å². The number of nitrogens with one attached hydrogen (secondary N) is 2. The number of amides is 3. The second-order valence-corrected chi connectivity index (χ2v) is 9.33. The van der Waals surface area contributed by atoms with E-state index in [2.05, 4.69) is 16.8 Å². The van der Waals surface area contributed by atoms with Gasteiger partial charge in [-0.25, -0.2) is 14.2 Å². The molecule has 2 aromatic rings. The molecule has 0 spiro atoms. The van der Waals surface area contributed by atoms with Gasteiger partial charge in [0.1, 0.15) is 6.67 Å². The van der Waals surface area contributed by atoms with Crippen LogP contribution in [0.3, 0.4) is 0 Å². The second kappa shape index (κ2) is 9.88. The summed E-state index contributed by atoms with van der Waals surface area (Å²) < 4.78 is 13.4. The van der Waals surface area contributed by atoms with Gasteiger partial charge in [-0.2, -0.15) is 5.26 Å². The Morgan fingerprint density at radius 3 is 2.46 bits per heavy atom. The molecule has 35 heavy (non-hydrogen) atoms. The smallest absolute Gasteiger partial charge is 0.326 e. The van der Waals surface area contributed by atoms with Crippen molar-refractivity contribution >= 4 is 17.6 Å². The minimum atomic E-state index is -0.651. The van der Waals surface area contributed by atoms with Gasteiger partial charge in [-0.05, 0) is 48.2 Å². The number of carbonyl (C=O) groups excluding carboxylic acids is 2. The molecule has 180 valence electrons. The molecule has 8 heteroatoms. The highest BCUT2D eigenvalue weighted by Crippen LogP contribution is 2.37. The predicted molar refractivity (Wildman–Crippen MR) is 130 cm³/mol. The zero-order valence-corrected chi connectivity index (χ0v) is 19.5. The molecule has 5 rings (SSSR count). The van der Waals surface area contributed by atoms with Gasteiger partial charge in [-0.1, -0.05) is 49.9 Å². The molecule has 2 heterocycles. The lowest BCUT2D eigenvalue weighted by atomic mass is 9.91. The molecular weight excluding hydrogens is 445 g/mol. The number of urea groups is 1. The van der Waals surface area contributed by atoms with Crippen LogP contribution in [-0.4, -0.2) is 29.5 Å². The number of anilines is 1. The number of halogens is 1. The maximum absolute atomic E-state index is 13.6. The molecule has 0 aromatic heterocycles. The highest BCUT2D eigenvalue weighted by atomic mass is 19.1. The normalized spacial score (nSPS) is 21.6. The van der Waals surface area contributed by atoms with Crippen molar-refractivity contribution in [3.05, 3.63) is 76.5 Å². The molecule has 0 radical (unpaired) electrons. The SMILES string of the molecule is N#Cc1ccc([C@H]2NC(=O)N(c3cccc(CF)c3)C3=C2C(=O)NN(C2CCCCCC2)C3)cc1. The lowest BCUT2D eigenvalue weighted by molar-refractivity contribution is -0.124. The number of nitriles is 1. The minimum absolute atomic E-state index is 0.202. The van der Waals surface area contributed by atoms with Crippen molar-refractivity contribution in [2.75, 3.05) is 11.4 Å². The molecule has 7 nitrogen and oxygen atoms in total. The van der Waals surface area contributed by atoms with Crippen molar-refractivity contribution in [3.8, 4) is 6.07 Å². The largest absolute Gasteiger partial charge is 0.327 e. The number of hydrazine groups is 1. The van der Waals surface area contributed by atoms with Crippen molar-refractivity contribution in [2.45, 2.75) is 57.3 Å². The average Bonchev–Trinajstić information content (AvgIpc) is 3.18. The first-order chi connectivity index (χ1) is 17.1. The van der Waals surface area contributed by atoms with Crippen molar-refractivity contribution in [1.82, 2.24) is 15.8 Å². The maximum Gasteiger partial charge on any atom is 0.327 e. The maximum atomic E-state index is 13.6. The summed E-state index contributed by atoms with van der Waals surface area (Å²) in [5.41, 5.74) is 6.37. The van der Waals surface area contributed by atoms with Gasteiger partial charge >= 0.3 is 6.03 Å². The molecule has 0 unspecified atom stereocenters. The highest BCUT2D eigenvalue weighted by molar-refractivity contribution is 6.05. The number of benzene rings is 2. The van der Waals surface area contributed by atoms with Crippen molar-refractivity contribution in [3.63, 3.8) is 0 Å². The van der Waals surface area contributed by atoms with E-state index in [4.69, 9.17) is 5.26 Å². The monoisotopic (exact) mass is 473 g/mol. The Kier molecular flexibility index (Phi) is 6.51. The van der Waals surface area contributed by atoms with E-state index in [1.165, 1.54) is 17.7 Å². The van der Waals surface area contributed by atoms with Crippen LogP contribution in [0.25, 0.3) is 0 Å². The number of rotatable bonds is 4. The highest BCUT2D eigenvalue weighted by Gasteiger charge is 2.43. The van der Waals surface area contributed by atoms with Crippen LogP contribution in [0, 0.1) is 11.3 Å². The van der Waals surface area contributed by atoms with E-state index >= 15 is 0 Å². The topological polar surface area (TPSA) is 88.5 Å². The Bertz CT molecular complexity index is 1190. The summed E-state index contributed by atoms with van der Waals surface area (Å²) >= 11 is 0. The van der Waals surface area contributed by atoms with E-state index in [0.29, 0.717) is 34.6 Å². The average molecular weight is 474 g/mol. The molecule has 0 saturated heterocycles. The van der Waals surface area contributed by atoms with Crippen LogP contribution in [0.5, 0.6) is 0 Å². The van der Waals surface area contributed by atoms with Gasteiger partial charge in [0.05, 0.1) is 41.2 Å². The molecule has 2 aliphatic heterocycles. The van der Waals surface area contributed by atoms with Crippen LogP contribution >= 0.6 is 0 Å². The van der Waals surface area contributed by atoms with Gasteiger partial charge in [-0.3, -0.25) is 15.1 Å². The molecule has 2 N–H and O–H groups in total. The van der Waals surface area contributed by atoms with Crippen molar-refractivity contribution < 1.29 is 14.0 Å². The molecule has 1 atom stereocenters. The molecule has 0 bridgehead atoms. The number of alkyl halides is 1. The summed E-state index contributed by atoms with van der Waals surface area (Å²) in [6.45, 7) is -0.260. The Morgan fingerprint density at radius 2 is 1.77 bits per heavy atom. The lowest BCUT2D eigenvalue weighted by Gasteiger charge is -2.44. The predicted octanol–water partition coefficient (Wildman–Crippen LogP) is 4.62. The summed E-state index contributed by atoms with van der Waals surface area (Å²) in [5.74, 6) is -0.253. The summed E-state index contributed by atoms with van der Waals surface area (Å²) in [4.78, 5) is 28.6. The molecule has 3 amide bonds. The fraction of sp³-hybridized carbons (Fsp3) is 0.370. The third-order valence-electron chi connectivity index (χ3n) is 7.11. The molecule has 1 fully saturated rings.